The van der Waals surface area contributed by atoms with E-state index >= 15 is 0 Å². The number of hydrogen-bond donors (Lipinski definition) is 1. The Labute approximate surface area is 136 Å². The van der Waals surface area contributed by atoms with E-state index in [1.54, 1.807) is 12.1 Å². The van der Waals surface area contributed by atoms with E-state index in [4.69, 9.17) is 14.2 Å². The average Bonchev–Trinajstić information content (AvgIpc) is 2.88. The molecule has 0 radical (unpaired) electrons. The van der Waals surface area contributed by atoms with E-state index in [1.807, 2.05) is 38.1 Å². The van der Waals surface area contributed by atoms with Crippen molar-refractivity contribution in [3.63, 3.8) is 0 Å². The summed E-state index contributed by atoms with van der Waals surface area (Å²) < 4.78 is 17.0. The van der Waals surface area contributed by atoms with Crippen LogP contribution in [0.4, 0.5) is 0 Å². The fraction of sp³-hybridized carbons (Fsp3) is 0.368. The van der Waals surface area contributed by atoms with Gasteiger partial charge in [-0.1, -0.05) is 24.3 Å². The number of ether oxygens (including phenoxy) is 3. The summed E-state index contributed by atoms with van der Waals surface area (Å²) in [4.78, 5) is 0. The standard InChI is InChI=1S/C19H22O4/c1-19(2)22-13-18(23-19)12-21-17-9-5-15(6-10-17)11-14-3-7-16(20)8-4-14/h3-10,18,20H,11-13H2,1-2H3. The van der Waals surface area contributed by atoms with Crippen molar-refractivity contribution in [2.24, 2.45) is 0 Å². The Hall–Kier alpha value is -2.04. The van der Waals surface area contributed by atoms with Crippen LogP contribution >= 0.6 is 0 Å². The van der Waals surface area contributed by atoms with Gasteiger partial charge in [-0.15, -0.1) is 0 Å². The van der Waals surface area contributed by atoms with Crippen LogP contribution in [0.15, 0.2) is 48.5 Å². The molecule has 0 saturated carbocycles. The van der Waals surface area contributed by atoms with Gasteiger partial charge in [0.25, 0.3) is 0 Å². The minimum absolute atomic E-state index is 0.0262. The highest BCUT2D eigenvalue weighted by atomic mass is 16.7. The molecule has 4 heteroatoms. The van der Waals surface area contributed by atoms with E-state index in [2.05, 4.69) is 12.1 Å². The van der Waals surface area contributed by atoms with E-state index in [9.17, 15) is 5.11 Å². The Morgan fingerprint density at radius 2 is 1.65 bits per heavy atom. The van der Waals surface area contributed by atoms with Crippen molar-refractivity contribution in [3.05, 3.63) is 59.7 Å². The lowest BCUT2D eigenvalue weighted by Gasteiger charge is -2.17. The van der Waals surface area contributed by atoms with Gasteiger partial charge in [0.15, 0.2) is 5.79 Å². The summed E-state index contributed by atoms with van der Waals surface area (Å²) in [7, 11) is 0. The molecule has 0 aromatic heterocycles. The van der Waals surface area contributed by atoms with E-state index in [1.165, 1.54) is 5.56 Å². The molecule has 122 valence electrons. The molecule has 0 bridgehead atoms. The first-order chi connectivity index (χ1) is 11.0. The van der Waals surface area contributed by atoms with Gasteiger partial charge in [-0.05, 0) is 55.7 Å². The molecule has 0 spiro atoms. The van der Waals surface area contributed by atoms with Crippen LogP contribution in [-0.4, -0.2) is 30.2 Å². The molecular formula is C19H22O4. The van der Waals surface area contributed by atoms with Gasteiger partial charge >= 0.3 is 0 Å². The Balaban J connectivity index is 1.52. The van der Waals surface area contributed by atoms with Crippen molar-refractivity contribution < 1.29 is 19.3 Å². The molecule has 0 amide bonds. The predicted octanol–water partition coefficient (Wildman–Crippen LogP) is 3.51. The fourth-order valence-corrected chi connectivity index (χ4v) is 2.59. The van der Waals surface area contributed by atoms with E-state index < -0.39 is 5.79 Å². The number of aromatic hydroxyl groups is 1. The zero-order chi connectivity index (χ0) is 16.3. The highest BCUT2D eigenvalue weighted by Gasteiger charge is 2.32. The maximum Gasteiger partial charge on any atom is 0.163 e. The largest absolute Gasteiger partial charge is 0.508 e. The van der Waals surface area contributed by atoms with Crippen LogP contribution in [0, 0.1) is 0 Å². The lowest BCUT2D eigenvalue weighted by molar-refractivity contribution is -0.141. The molecule has 1 aliphatic rings. The van der Waals surface area contributed by atoms with Crippen LogP contribution in [0.2, 0.25) is 0 Å². The topological polar surface area (TPSA) is 47.9 Å². The van der Waals surface area contributed by atoms with Crippen molar-refractivity contribution in [2.45, 2.75) is 32.2 Å². The SMILES string of the molecule is CC1(C)OCC(COc2ccc(Cc3ccc(O)cc3)cc2)O1. The summed E-state index contributed by atoms with van der Waals surface area (Å²) in [5, 5.41) is 9.30. The number of hydrogen-bond acceptors (Lipinski definition) is 4. The highest BCUT2D eigenvalue weighted by molar-refractivity contribution is 5.33. The molecule has 3 rings (SSSR count). The second-order valence-corrected chi connectivity index (χ2v) is 6.25. The van der Waals surface area contributed by atoms with Crippen LogP contribution in [0.3, 0.4) is 0 Å². The van der Waals surface area contributed by atoms with E-state index in [-0.39, 0.29) is 6.10 Å². The van der Waals surface area contributed by atoms with Gasteiger partial charge in [0.2, 0.25) is 0 Å². The molecule has 23 heavy (non-hydrogen) atoms. The summed E-state index contributed by atoms with van der Waals surface area (Å²) in [5.74, 6) is 0.605. The molecule has 4 nitrogen and oxygen atoms in total. The molecule has 1 N–H and O–H groups in total. The molecule has 2 aromatic rings. The molecule has 2 aromatic carbocycles. The molecule has 1 aliphatic heterocycles. The van der Waals surface area contributed by atoms with Crippen LogP contribution < -0.4 is 4.74 Å². The summed E-state index contributed by atoms with van der Waals surface area (Å²) in [6, 6.07) is 15.3. The maximum atomic E-state index is 9.30. The zero-order valence-electron chi connectivity index (χ0n) is 13.5. The Morgan fingerprint density at radius 3 is 2.22 bits per heavy atom. The van der Waals surface area contributed by atoms with Gasteiger partial charge in [0.05, 0.1) is 6.61 Å². The predicted molar refractivity (Wildman–Crippen MR) is 87.8 cm³/mol. The maximum absolute atomic E-state index is 9.30. The quantitative estimate of drug-likeness (QED) is 0.917. The Morgan fingerprint density at radius 1 is 1.04 bits per heavy atom. The van der Waals surface area contributed by atoms with Crippen molar-refractivity contribution in [3.8, 4) is 11.5 Å². The van der Waals surface area contributed by atoms with Gasteiger partial charge in [0.1, 0.15) is 24.2 Å². The smallest absolute Gasteiger partial charge is 0.163 e. The molecule has 1 fully saturated rings. The molecule has 1 atom stereocenters. The summed E-state index contributed by atoms with van der Waals surface area (Å²) in [6.45, 7) is 4.86. The van der Waals surface area contributed by atoms with Gasteiger partial charge in [-0.2, -0.15) is 0 Å². The number of rotatable bonds is 5. The average molecular weight is 314 g/mol. The lowest BCUT2D eigenvalue weighted by atomic mass is 10.0. The Bertz CT molecular complexity index is 631. The summed E-state index contributed by atoms with van der Waals surface area (Å²) in [6.07, 6.45) is 0.801. The normalized spacial score (nSPS) is 19.7. The third-order valence-corrected chi connectivity index (χ3v) is 3.77. The van der Waals surface area contributed by atoms with Crippen LogP contribution in [-0.2, 0) is 15.9 Å². The monoisotopic (exact) mass is 314 g/mol. The van der Waals surface area contributed by atoms with Crippen LogP contribution in [0.5, 0.6) is 11.5 Å². The minimum Gasteiger partial charge on any atom is -0.508 e. The Kier molecular flexibility index (Phi) is 4.55. The summed E-state index contributed by atoms with van der Waals surface area (Å²) >= 11 is 0. The van der Waals surface area contributed by atoms with Gasteiger partial charge < -0.3 is 19.3 Å². The molecular weight excluding hydrogens is 292 g/mol. The number of benzene rings is 2. The molecule has 1 unspecified atom stereocenters. The number of phenols is 1. The fourth-order valence-electron chi connectivity index (χ4n) is 2.59. The third-order valence-electron chi connectivity index (χ3n) is 3.77. The van der Waals surface area contributed by atoms with Crippen LogP contribution in [0.25, 0.3) is 0 Å². The van der Waals surface area contributed by atoms with Gasteiger partial charge in [-0.3, -0.25) is 0 Å². The second-order valence-electron chi connectivity index (χ2n) is 6.25. The second kappa shape index (κ2) is 6.60. The van der Waals surface area contributed by atoms with Gasteiger partial charge in [-0.25, -0.2) is 0 Å². The summed E-state index contributed by atoms with van der Waals surface area (Å²) in [5.41, 5.74) is 2.36. The first-order valence-corrected chi connectivity index (χ1v) is 7.82. The van der Waals surface area contributed by atoms with Crippen molar-refractivity contribution in [1.29, 1.82) is 0 Å². The zero-order valence-corrected chi connectivity index (χ0v) is 13.5. The third kappa shape index (κ3) is 4.47. The highest BCUT2D eigenvalue weighted by Crippen LogP contribution is 2.23. The van der Waals surface area contributed by atoms with Crippen molar-refractivity contribution in [1.82, 2.24) is 0 Å². The molecule has 1 heterocycles. The van der Waals surface area contributed by atoms with Gasteiger partial charge in [0, 0.05) is 0 Å². The minimum atomic E-state index is -0.512. The van der Waals surface area contributed by atoms with E-state index in [0.29, 0.717) is 19.0 Å². The van der Waals surface area contributed by atoms with E-state index in [0.717, 1.165) is 17.7 Å². The van der Waals surface area contributed by atoms with Crippen molar-refractivity contribution >= 4 is 0 Å². The van der Waals surface area contributed by atoms with Crippen molar-refractivity contribution in [2.75, 3.05) is 13.2 Å². The number of phenolic OH excluding ortho intramolecular Hbond substituents is 1. The first-order valence-electron chi connectivity index (χ1n) is 7.82. The lowest BCUT2D eigenvalue weighted by Crippen LogP contribution is -2.25. The first kappa shape index (κ1) is 15.8. The van der Waals surface area contributed by atoms with Crippen LogP contribution in [0.1, 0.15) is 25.0 Å². The molecule has 1 saturated heterocycles. The molecule has 0 aliphatic carbocycles.